The van der Waals surface area contributed by atoms with Gasteiger partial charge in [0.1, 0.15) is 5.75 Å². The molecule has 0 bridgehead atoms. The van der Waals surface area contributed by atoms with Crippen LogP contribution >= 0.6 is 0 Å². The number of anilines is 1. The van der Waals surface area contributed by atoms with Gasteiger partial charge in [0.25, 0.3) is 0 Å². The van der Waals surface area contributed by atoms with Gasteiger partial charge in [0, 0.05) is 31.4 Å². The van der Waals surface area contributed by atoms with Crippen molar-refractivity contribution >= 4 is 22.7 Å². The molecule has 0 aliphatic carbocycles. The van der Waals surface area contributed by atoms with E-state index in [0.29, 0.717) is 12.2 Å². The number of fused-ring (bicyclic) bond motifs is 1. The van der Waals surface area contributed by atoms with Gasteiger partial charge in [0.2, 0.25) is 11.6 Å². The molecule has 1 fully saturated rings. The molecule has 1 saturated heterocycles. The molecule has 0 amide bonds. The number of imidazole rings is 1. The lowest BCUT2D eigenvalue weighted by atomic mass is 10.1. The van der Waals surface area contributed by atoms with Gasteiger partial charge in [0.05, 0.1) is 37.0 Å². The van der Waals surface area contributed by atoms with Crippen LogP contribution in [-0.4, -0.2) is 40.8 Å². The predicted molar refractivity (Wildman–Crippen MR) is 105 cm³/mol. The van der Waals surface area contributed by atoms with Crippen LogP contribution in [0.4, 0.5) is 11.6 Å². The Balaban J connectivity index is 1.77. The van der Waals surface area contributed by atoms with Gasteiger partial charge in [0.15, 0.2) is 0 Å². The third kappa shape index (κ3) is 3.44. The van der Waals surface area contributed by atoms with Crippen LogP contribution in [0.3, 0.4) is 0 Å². The minimum atomic E-state index is 0.164. The maximum Gasteiger partial charge on any atom is 0.206 e. The molecule has 0 unspecified atom stereocenters. The summed E-state index contributed by atoms with van der Waals surface area (Å²) in [7, 11) is 1.66. The zero-order valence-electron chi connectivity index (χ0n) is 15.3. The summed E-state index contributed by atoms with van der Waals surface area (Å²) in [6.07, 6.45) is 3.72. The van der Waals surface area contributed by atoms with Gasteiger partial charge >= 0.3 is 0 Å². The molecule has 1 aliphatic rings. The summed E-state index contributed by atoms with van der Waals surface area (Å²) in [5.74, 6) is 1.69. The van der Waals surface area contributed by atoms with E-state index < -0.39 is 0 Å². The Morgan fingerprint density at radius 2 is 2.22 bits per heavy atom. The number of methoxy groups -OCH3 is 1. The SMILES string of the molecule is [C-]#[N+]c1ccc(Cn2c(N3CCC[C@H](N)C3)nc3cc(OC)ccc32)nc1. The smallest absolute Gasteiger partial charge is 0.206 e. The first-order valence-corrected chi connectivity index (χ1v) is 9.05. The van der Waals surface area contributed by atoms with Crippen molar-refractivity contribution in [1.82, 2.24) is 14.5 Å². The molecule has 1 aliphatic heterocycles. The van der Waals surface area contributed by atoms with Crippen LogP contribution in [-0.2, 0) is 6.54 Å². The average Bonchev–Trinajstić information content (AvgIpc) is 3.06. The quantitative estimate of drug-likeness (QED) is 0.723. The summed E-state index contributed by atoms with van der Waals surface area (Å²) in [4.78, 5) is 15.0. The Labute approximate surface area is 158 Å². The number of aromatic nitrogens is 3. The third-order valence-corrected chi connectivity index (χ3v) is 4.93. The van der Waals surface area contributed by atoms with Crippen molar-refractivity contribution in [3.63, 3.8) is 0 Å². The molecule has 1 atom stereocenters. The lowest BCUT2D eigenvalue weighted by Crippen LogP contribution is -2.44. The summed E-state index contributed by atoms with van der Waals surface area (Å²) < 4.78 is 7.53. The van der Waals surface area contributed by atoms with E-state index in [1.807, 2.05) is 24.3 Å². The monoisotopic (exact) mass is 362 g/mol. The molecular formula is C20H22N6O. The second-order valence-corrected chi connectivity index (χ2v) is 6.82. The summed E-state index contributed by atoms with van der Waals surface area (Å²) >= 11 is 0. The van der Waals surface area contributed by atoms with Crippen molar-refractivity contribution in [2.45, 2.75) is 25.4 Å². The number of nitrogens with two attached hydrogens (primary N) is 1. The molecule has 0 spiro atoms. The van der Waals surface area contributed by atoms with Gasteiger partial charge < -0.3 is 19.9 Å². The summed E-state index contributed by atoms with van der Waals surface area (Å²) in [6, 6.07) is 9.79. The van der Waals surface area contributed by atoms with Crippen LogP contribution in [0.25, 0.3) is 15.9 Å². The summed E-state index contributed by atoms with van der Waals surface area (Å²) in [5, 5.41) is 0. The van der Waals surface area contributed by atoms with Crippen molar-refractivity contribution in [3.05, 3.63) is 53.6 Å². The van der Waals surface area contributed by atoms with E-state index in [9.17, 15) is 0 Å². The van der Waals surface area contributed by atoms with Crippen molar-refractivity contribution < 1.29 is 4.74 Å². The molecule has 2 aromatic heterocycles. The van der Waals surface area contributed by atoms with Gasteiger partial charge in [-0.1, -0.05) is 6.07 Å². The zero-order valence-corrected chi connectivity index (χ0v) is 15.3. The first-order valence-electron chi connectivity index (χ1n) is 9.05. The van der Waals surface area contributed by atoms with Gasteiger partial charge in [-0.2, -0.15) is 0 Å². The Hall–Kier alpha value is -3.11. The molecule has 0 saturated carbocycles. The first-order chi connectivity index (χ1) is 13.2. The average molecular weight is 362 g/mol. The fourth-order valence-corrected chi connectivity index (χ4v) is 3.55. The molecule has 138 valence electrons. The second kappa shape index (κ2) is 7.25. The number of ether oxygens (including phenoxy) is 1. The van der Waals surface area contributed by atoms with E-state index in [1.54, 1.807) is 19.4 Å². The highest BCUT2D eigenvalue weighted by atomic mass is 16.5. The minimum absolute atomic E-state index is 0.164. The van der Waals surface area contributed by atoms with Crippen LogP contribution < -0.4 is 15.4 Å². The first kappa shape index (κ1) is 17.3. The Morgan fingerprint density at radius 3 is 2.93 bits per heavy atom. The molecule has 4 rings (SSSR count). The lowest BCUT2D eigenvalue weighted by Gasteiger charge is -2.32. The normalized spacial score (nSPS) is 17.1. The van der Waals surface area contributed by atoms with Crippen molar-refractivity contribution in [2.75, 3.05) is 25.1 Å². The molecule has 3 aromatic rings. The summed E-state index contributed by atoms with van der Waals surface area (Å²) in [6.45, 7) is 9.41. The second-order valence-electron chi connectivity index (χ2n) is 6.82. The maximum atomic E-state index is 7.08. The zero-order chi connectivity index (χ0) is 18.8. The molecule has 27 heavy (non-hydrogen) atoms. The number of hydrogen-bond acceptors (Lipinski definition) is 5. The van der Waals surface area contributed by atoms with E-state index in [-0.39, 0.29) is 6.04 Å². The lowest BCUT2D eigenvalue weighted by molar-refractivity contribution is 0.415. The number of benzene rings is 1. The maximum absolute atomic E-state index is 7.08. The minimum Gasteiger partial charge on any atom is -0.497 e. The molecule has 7 heteroatoms. The van der Waals surface area contributed by atoms with Crippen LogP contribution in [0.15, 0.2) is 36.5 Å². The predicted octanol–water partition coefficient (Wildman–Crippen LogP) is 2.97. The molecule has 1 aromatic carbocycles. The van der Waals surface area contributed by atoms with Gasteiger partial charge in [-0.25, -0.2) is 9.83 Å². The van der Waals surface area contributed by atoms with Gasteiger partial charge in [-0.3, -0.25) is 4.98 Å². The Bertz CT molecular complexity index is 988. The van der Waals surface area contributed by atoms with Crippen LogP contribution in [0, 0.1) is 6.57 Å². The van der Waals surface area contributed by atoms with E-state index in [2.05, 4.69) is 19.3 Å². The molecule has 2 N–H and O–H groups in total. The molecule has 0 radical (unpaired) electrons. The van der Waals surface area contributed by atoms with E-state index >= 15 is 0 Å². The van der Waals surface area contributed by atoms with Crippen molar-refractivity contribution in [2.24, 2.45) is 5.73 Å². The number of nitrogens with zero attached hydrogens (tertiary/aromatic N) is 5. The van der Waals surface area contributed by atoms with E-state index in [4.69, 9.17) is 22.0 Å². The van der Waals surface area contributed by atoms with Crippen LogP contribution in [0.5, 0.6) is 5.75 Å². The highest BCUT2D eigenvalue weighted by molar-refractivity contribution is 5.80. The number of rotatable bonds is 4. The summed E-state index contributed by atoms with van der Waals surface area (Å²) in [5.41, 5.74) is 9.55. The Kier molecular flexibility index (Phi) is 4.65. The van der Waals surface area contributed by atoms with Gasteiger partial charge in [-0.05, 0) is 31.0 Å². The highest BCUT2D eigenvalue weighted by Gasteiger charge is 2.23. The molecule has 7 nitrogen and oxygen atoms in total. The fraction of sp³-hybridized carbons (Fsp3) is 0.350. The number of piperidine rings is 1. The van der Waals surface area contributed by atoms with Crippen molar-refractivity contribution in [3.8, 4) is 5.75 Å². The third-order valence-electron chi connectivity index (χ3n) is 4.93. The van der Waals surface area contributed by atoms with Crippen LogP contribution in [0.2, 0.25) is 0 Å². The number of pyridine rings is 1. The van der Waals surface area contributed by atoms with Crippen molar-refractivity contribution in [1.29, 1.82) is 0 Å². The molecule has 3 heterocycles. The standard InChI is InChI=1S/C20H22N6O/c1-22-15-5-6-16(23-11-15)13-26-19-8-7-17(27-2)10-18(19)24-20(26)25-9-3-4-14(21)12-25/h5-8,10-11,14H,3-4,9,12-13,21H2,2H3/t14-/m0/s1. The fourth-order valence-electron chi connectivity index (χ4n) is 3.55. The largest absolute Gasteiger partial charge is 0.497 e. The Morgan fingerprint density at radius 1 is 1.33 bits per heavy atom. The van der Waals surface area contributed by atoms with Gasteiger partial charge in [-0.15, -0.1) is 0 Å². The van der Waals surface area contributed by atoms with E-state index in [0.717, 1.165) is 54.4 Å². The van der Waals surface area contributed by atoms with Crippen LogP contribution in [0.1, 0.15) is 18.5 Å². The topological polar surface area (TPSA) is 73.6 Å². The molecular weight excluding hydrogens is 340 g/mol. The number of hydrogen-bond donors (Lipinski definition) is 1. The van der Waals surface area contributed by atoms with E-state index in [1.165, 1.54) is 0 Å². The highest BCUT2D eigenvalue weighted by Crippen LogP contribution is 2.28.